The minimum Gasteiger partial charge on any atom is -0.360 e. The summed E-state index contributed by atoms with van der Waals surface area (Å²) in [5.41, 5.74) is 2.18. The number of amides is 1. The van der Waals surface area contributed by atoms with Crippen molar-refractivity contribution in [3.05, 3.63) is 46.4 Å². The number of thiophene rings is 1. The van der Waals surface area contributed by atoms with E-state index in [2.05, 4.69) is 39.4 Å². The second kappa shape index (κ2) is 6.92. The monoisotopic (exact) mass is 341 g/mol. The highest BCUT2D eigenvalue weighted by molar-refractivity contribution is 7.18. The van der Waals surface area contributed by atoms with Crippen LogP contribution in [0.2, 0.25) is 0 Å². The quantitative estimate of drug-likeness (QED) is 0.746. The SMILES string of the molecule is Cc1nc(NCC(=O)NCc2ccncc2)c2c(C)c(C)sc2n1. The van der Waals surface area contributed by atoms with E-state index in [1.54, 1.807) is 23.7 Å². The molecule has 0 aliphatic carbocycles. The summed E-state index contributed by atoms with van der Waals surface area (Å²) in [6.45, 7) is 6.64. The van der Waals surface area contributed by atoms with Gasteiger partial charge in [0.25, 0.3) is 0 Å². The van der Waals surface area contributed by atoms with E-state index in [4.69, 9.17) is 0 Å². The van der Waals surface area contributed by atoms with Gasteiger partial charge in [0.2, 0.25) is 5.91 Å². The Hall–Kier alpha value is -2.54. The molecule has 2 N–H and O–H groups in total. The normalized spacial score (nSPS) is 10.8. The number of pyridine rings is 1. The van der Waals surface area contributed by atoms with Crippen molar-refractivity contribution in [2.24, 2.45) is 0 Å². The molecule has 6 nitrogen and oxygen atoms in total. The Morgan fingerprint density at radius 3 is 2.67 bits per heavy atom. The number of carbonyl (C=O) groups excluding carboxylic acids is 1. The van der Waals surface area contributed by atoms with E-state index in [0.717, 1.165) is 27.2 Å². The molecule has 0 spiro atoms. The third kappa shape index (κ3) is 3.51. The molecule has 3 aromatic heterocycles. The van der Waals surface area contributed by atoms with E-state index < -0.39 is 0 Å². The van der Waals surface area contributed by atoms with Gasteiger partial charge >= 0.3 is 0 Å². The van der Waals surface area contributed by atoms with E-state index in [0.29, 0.717) is 12.4 Å². The number of fused-ring (bicyclic) bond motifs is 1. The zero-order valence-corrected chi connectivity index (χ0v) is 14.7. The number of nitrogens with one attached hydrogen (secondary N) is 2. The molecule has 0 atom stereocenters. The molecule has 24 heavy (non-hydrogen) atoms. The van der Waals surface area contributed by atoms with Crippen LogP contribution in [0.3, 0.4) is 0 Å². The van der Waals surface area contributed by atoms with E-state index in [1.165, 1.54) is 4.88 Å². The summed E-state index contributed by atoms with van der Waals surface area (Å²) in [4.78, 5) is 27.1. The first kappa shape index (κ1) is 16.3. The predicted molar refractivity (Wildman–Crippen MR) is 96.2 cm³/mol. The van der Waals surface area contributed by atoms with Gasteiger partial charge in [0.15, 0.2) is 0 Å². The van der Waals surface area contributed by atoms with Crippen LogP contribution in [0.4, 0.5) is 5.82 Å². The highest BCUT2D eigenvalue weighted by Gasteiger charge is 2.14. The van der Waals surface area contributed by atoms with Crippen LogP contribution in [-0.4, -0.2) is 27.4 Å². The maximum Gasteiger partial charge on any atom is 0.239 e. The Bertz CT molecular complexity index is 876. The van der Waals surface area contributed by atoms with E-state index >= 15 is 0 Å². The van der Waals surface area contributed by atoms with Crippen LogP contribution in [0.1, 0.15) is 21.8 Å². The summed E-state index contributed by atoms with van der Waals surface area (Å²) in [6, 6.07) is 3.76. The van der Waals surface area contributed by atoms with Crippen molar-refractivity contribution >= 4 is 33.3 Å². The van der Waals surface area contributed by atoms with Gasteiger partial charge in [-0.25, -0.2) is 9.97 Å². The number of carbonyl (C=O) groups is 1. The van der Waals surface area contributed by atoms with Gasteiger partial charge in [0, 0.05) is 23.8 Å². The zero-order chi connectivity index (χ0) is 17.1. The number of anilines is 1. The summed E-state index contributed by atoms with van der Waals surface area (Å²) in [5, 5.41) is 7.04. The van der Waals surface area contributed by atoms with Crippen LogP contribution >= 0.6 is 11.3 Å². The molecule has 3 heterocycles. The molecule has 124 valence electrons. The lowest BCUT2D eigenvalue weighted by molar-refractivity contribution is -0.119. The number of rotatable bonds is 5. The fourth-order valence-corrected chi connectivity index (χ4v) is 3.49. The smallest absolute Gasteiger partial charge is 0.239 e. The Morgan fingerprint density at radius 1 is 1.17 bits per heavy atom. The Morgan fingerprint density at radius 2 is 1.92 bits per heavy atom. The van der Waals surface area contributed by atoms with Crippen molar-refractivity contribution in [3.8, 4) is 0 Å². The Kier molecular flexibility index (Phi) is 4.71. The van der Waals surface area contributed by atoms with Crippen LogP contribution in [0.25, 0.3) is 10.2 Å². The molecule has 0 fully saturated rings. The minimum absolute atomic E-state index is 0.0826. The third-order valence-electron chi connectivity index (χ3n) is 3.80. The van der Waals surface area contributed by atoms with Crippen molar-refractivity contribution in [1.82, 2.24) is 20.3 Å². The summed E-state index contributed by atoms with van der Waals surface area (Å²) < 4.78 is 0. The number of hydrogen-bond donors (Lipinski definition) is 2. The molecule has 0 unspecified atom stereocenters. The molecule has 3 rings (SSSR count). The van der Waals surface area contributed by atoms with Crippen LogP contribution in [0.5, 0.6) is 0 Å². The van der Waals surface area contributed by atoms with Gasteiger partial charge in [0.1, 0.15) is 16.5 Å². The number of nitrogens with zero attached hydrogens (tertiary/aromatic N) is 3. The summed E-state index contributed by atoms with van der Waals surface area (Å²) in [5.74, 6) is 1.34. The van der Waals surface area contributed by atoms with Gasteiger partial charge in [-0.3, -0.25) is 9.78 Å². The maximum atomic E-state index is 12.1. The first-order valence-electron chi connectivity index (χ1n) is 7.68. The average Bonchev–Trinajstić information content (AvgIpc) is 2.86. The molecule has 0 saturated heterocycles. The van der Waals surface area contributed by atoms with Gasteiger partial charge in [0.05, 0.1) is 11.9 Å². The standard InChI is InChI=1S/C17H19N5OS/c1-10-11(2)24-17-15(10)16(21-12(3)22-17)20-9-14(23)19-8-13-4-6-18-7-5-13/h4-7H,8-9H2,1-3H3,(H,19,23)(H,20,21,22). The highest BCUT2D eigenvalue weighted by Crippen LogP contribution is 2.32. The fraction of sp³-hybridized carbons (Fsp3) is 0.294. The topological polar surface area (TPSA) is 79.8 Å². The van der Waals surface area contributed by atoms with Crippen LogP contribution in [-0.2, 0) is 11.3 Å². The predicted octanol–water partition coefficient (Wildman–Crippen LogP) is 2.74. The van der Waals surface area contributed by atoms with Gasteiger partial charge in [-0.15, -0.1) is 11.3 Å². The van der Waals surface area contributed by atoms with Crippen molar-refractivity contribution in [1.29, 1.82) is 0 Å². The molecule has 0 saturated carbocycles. The molecule has 3 aromatic rings. The lowest BCUT2D eigenvalue weighted by Crippen LogP contribution is -2.29. The number of aryl methyl sites for hydroxylation is 3. The van der Waals surface area contributed by atoms with Gasteiger partial charge in [-0.05, 0) is 44.0 Å². The van der Waals surface area contributed by atoms with Crippen molar-refractivity contribution in [2.75, 3.05) is 11.9 Å². The molecular weight excluding hydrogens is 322 g/mol. The molecule has 0 aliphatic heterocycles. The Balaban J connectivity index is 1.68. The summed E-state index contributed by atoms with van der Waals surface area (Å²) in [7, 11) is 0. The first-order chi connectivity index (χ1) is 11.5. The third-order valence-corrected chi connectivity index (χ3v) is 4.90. The van der Waals surface area contributed by atoms with Crippen LogP contribution < -0.4 is 10.6 Å². The average molecular weight is 341 g/mol. The van der Waals surface area contributed by atoms with Gasteiger partial charge in [-0.2, -0.15) is 0 Å². The van der Waals surface area contributed by atoms with Crippen molar-refractivity contribution in [3.63, 3.8) is 0 Å². The highest BCUT2D eigenvalue weighted by atomic mass is 32.1. The number of aromatic nitrogens is 3. The fourth-order valence-electron chi connectivity index (χ4n) is 2.41. The van der Waals surface area contributed by atoms with E-state index in [9.17, 15) is 4.79 Å². The van der Waals surface area contributed by atoms with Crippen molar-refractivity contribution < 1.29 is 4.79 Å². The van der Waals surface area contributed by atoms with Gasteiger partial charge < -0.3 is 10.6 Å². The Labute approximate surface area is 144 Å². The maximum absolute atomic E-state index is 12.1. The van der Waals surface area contributed by atoms with E-state index in [-0.39, 0.29) is 12.5 Å². The van der Waals surface area contributed by atoms with Crippen LogP contribution in [0.15, 0.2) is 24.5 Å². The van der Waals surface area contributed by atoms with E-state index in [1.807, 2.05) is 19.1 Å². The molecule has 0 aliphatic rings. The lowest BCUT2D eigenvalue weighted by atomic mass is 10.2. The molecule has 0 bridgehead atoms. The molecule has 1 amide bonds. The van der Waals surface area contributed by atoms with Gasteiger partial charge in [-0.1, -0.05) is 0 Å². The molecule has 0 aromatic carbocycles. The van der Waals surface area contributed by atoms with Crippen LogP contribution in [0, 0.1) is 20.8 Å². The summed E-state index contributed by atoms with van der Waals surface area (Å²) >= 11 is 1.65. The second-order valence-electron chi connectivity index (χ2n) is 5.57. The lowest BCUT2D eigenvalue weighted by Gasteiger charge is -2.09. The molecule has 0 radical (unpaired) electrons. The minimum atomic E-state index is -0.0826. The molecule has 7 heteroatoms. The van der Waals surface area contributed by atoms with Crippen molar-refractivity contribution in [2.45, 2.75) is 27.3 Å². The first-order valence-corrected chi connectivity index (χ1v) is 8.50. The zero-order valence-electron chi connectivity index (χ0n) is 13.9. The summed E-state index contributed by atoms with van der Waals surface area (Å²) in [6.07, 6.45) is 3.42. The second-order valence-corrected chi connectivity index (χ2v) is 6.77. The molecular formula is C17H19N5OS. The largest absolute Gasteiger partial charge is 0.360 e. The number of hydrogen-bond acceptors (Lipinski definition) is 6.